The van der Waals surface area contributed by atoms with Crippen LogP contribution in [0.3, 0.4) is 0 Å². The molecule has 0 bridgehead atoms. The second-order valence-electron chi connectivity index (χ2n) is 7.99. The quantitative estimate of drug-likeness (QED) is 0.547. The highest BCUT2D eigenvalue weighted by molar-refractivity contribution is 7.94. The van der Waals surface area contributed by atoms with Crippen LogP contribution in [0.2, 0.25) is 0 Å². The zero-order valence-corrected chi connectivity index (χ0v) is 19.8. The van der Waals surface area contributed by atoms with E-state index in [4.69, 9.17) is 4.74 Å². The van der Waals surface area contributed by atoms with Gasteiger partial charge in [0.25, 0.3) is 10.0 Å². The Kier molecular flexibility index (Phi) is 6.41. The summed E-state index contributed by atoms with van der Waals surface area (Å²) in [7, 11) is -2.34. The largest absolute Gasteiger partial charge is 0.495 e. The normalized spacial score (nSPS) is 19.1. The van der Waals surface area contributed by atoms with Crippen molar-refractivity contribution in [3.05, 3.63) is 60.4 Å². The Labute approximate surface area is 192 Å². The van der Waals surface area contributed by atoms with Crippen molar-refractivity contribution in [2.75, 3.05) is 29.8 Å². The van der Waals surface area contributed by atoms with E-state index in [1.807, 2.05) is 12.1 Å². The van der Waals surface area contributed by atoms with E-state index >= 15 is 0 Å². The highest BCUT2D eigenvalue weighted by Crippen LogP contribution is 2.35. The number of piperazine rings is 1. The van der Waals surface area contributed by atoms with Crippen LogP contribution in [0.1, 0.15) is 13.8 Å². The van der Waals surface area contributed by atoms with Crippen molar-refractivity contribution in [1.29, 1.82) is 0 Å². The van der Waals surface area contributed by atoms with Crippen LogP contribution in [-0.4, -0.2) is 40.7 Å². The first-order chi connectivity index (χ1) is 15.2. The Morgan fingerprint density at radius 2 is 1.84 bits per heavy atom. The highest BCUT2D eigenvalue weighted by Gasteiger charge is 2.24. The molecular weight excluding hydrogens is 449 g/mol. The van der Waals surface area contributed by atoms with Crippen molar-refractivity contribution in [1.82, 2.24) is 5.32 Å². The lowest BCUT2D eigenvalue weighted by molar-refractivity contribution is 0.406. The van der Waals surface area contributed by atoms with Gasteiger partial charge in [0, 0.05) is 35.7 Å². The fourth-order valence-corrected chi connectivity index (χ4v) is 6.33. The molecule has 1 aliphatic heterocycles. The van der Waals surface area contributed by atoms with E-state index in [-0.39, 0.29) is 10.0 Å². The van der Waals surface area contributed by atoms with Gasteiger partial charge in [0.1, 0.15) is 15.8 Å². The molecule has 2 heterocycles. The van der Waals surface area contributed by atoms with Crippen LogP contribution in [0, 0.1) is 5.82 Å². The van der Waals surface area contributed by atoms with Crippen molar-refractivity contribution in [2.24, 2.45) is 0 Å². The van der Waals surface area contributed by atoms with Crippen molar-refractivity contribution < 1.29 is 17.5 Å². The molecule has 32 heavy (non-hydrogen) atoms. The minimum atomic E-state index is -3.85. The van der Waals surface area contributed by atoms with Crippen LogP contribution in [0.15, 0.2) is 58.8 Å². The fourth-order valence-electron chi connectivity index (χ4n) is 3.97. The zero-order valence-electron chi connectivity index (χ0n) is 18.1. The van der Waals surface area contributed by atoms with Gasteiger partial charge in [-0.25, -0.2) is 12.8 Å². The van der Waals surface area contributed by atoms with Gasteiger partial charge in [-0.3, -0.25) is 4.72 Å². The molecule has 2 aromatic carbocycles. The Hall–Kier alpha value is -2.62. The average molecular weight is 476 g/mol. The lowest BCUT2D eigenvalue weighted by Gasteiger charge is -2.38. The summed E-state index contributed by atoms with van der Waals surface area (Å²) < 4.78 is 48.0. The smallest absolute Gasteiger partial charge is 0.271 e. The Bertz CT molecular complexity index is 1200. The number of thiophene rings is 1. The van der Waals surface area contributed by atoms with Crippen molar-refractivity contribution in [3.63, 3.8) is 0 Å². The van der Waals surface area contributed by atoms with E-state index in [9.17, 15) is 12.8 Å². The van der Waals surface area contributed by atoms with Crippen LogP contribution < -0.4 is 19.7 Å². The molecule has 1 saturated heterocycles. The van der Waals surface area contributed by atoms with Gasteiger partial charge in [0.05, 0.1) is 12.8 Å². The van der Waals surface area contributed by atoms with E-state index in [0.717, 1.165) is 30.1 Å². The van der Waals surface area contributed by atoms with Crippen molar-refractivity contribution >= 4 is 32.7 Å². The molecule has 9 heteroatoms. The van der Waals surface area contributed by atoms with Gasteiger partial charge in [-0.05, 0) is 61.9 Å². The zero-order chi connectivity index (χ0) is 22.9. The molecule has 1 aromatic heterocycles. The fraction of sp³-hybridized carbons (Fsp3) is 0.304. The first-order valence-corrected chi connectivity index (χ1v) is 12.6. The minimum Gasteiger partial charge on any atom is -0.495 e. The summed E-state index contributed by atoms with van der Waals surface area (Å²) in [5.74, 6) is 0.0759. The summed E-state index contributed by atoms with van der Waals surface area (Å²) in [5, 5.41) is 3.50. The molecule has 2 N–H and O–H groups in total. The van der Waals surface area contributed by atoms with Gasteiger partial charge in [-0.2, -0.15) is 0 Å². The summed E-state index contributed by atoms with van der Waals surface area (Å²) in [6.45, 7) is 5.90. The Balaban J connectivity index is 1.61. The molecule has 3 aromatic rings. The molecule has 1 fully saturated rings. The summed E-state index contributed by atoms with van der Waals surface area (Å²) in [6, 6.07) is 15.5. The third kappa shape index (κ3) is 4.90. The monoisotopic (exact) mass is 475 g/mol. The number of hydrogen-bond acceptors (Lipinski definition) is 6. The second kappa shape index (κ2) is 9.09. The standard InChI is InChI=1S/C23H26FN3O3S2/c1-15-13-27(14-16(2)25-15)19-7-8-21(30-3)20(12-19)26-32(28,29)23-10-9-22(31-23)17-5-4-6-18(24)11-17/h4-12,15-16,25-26H,13-14H2,1-3H3. The van der Waals surface area contributed by atoms with Crippen molar-refractivity contribution in [3.8, 4) is 16.2 Å². The number of halogens is 1. The third-order valence-electron chi connectivity index (χ3n) is 5.31. The molecule has 4 rings (SSSR count). The predicted octanol–water partition coefficient (Wildman–Crippen LogP) is 4.55. The van der Waals surface area contributed by atoms with Gasteiger partial charge < -0.3 is 15.0 Å². The number of hydrogen-bond donors (Lipinski definition) is 2. The summed E-state index contributed by atoms with van der Waals surface area (Å²) in [6.07, 6.45) is 0. The average Bonchev–Trinajstić information content (AvgIpc) is 3.24. The summed E-state index contributed by atoms with van der Waals surface area (Å²) in [5.41, 5.74) is 1.94. The van der Waals surface area contributed by atoms with E-state index in [1.54, 1.807) is 24.3 Å². The first-order valence-electron chi connectivity index (χ1n) is 10.3. The number of ether oxygens (including phenoxy) is 1. The summed E-state index contributed by atoms with van der Waals surface area (Å²) in [4.78, 5) is 2.91. The van der Waals surface area contributed by atoms with Gasteiger partial charge in [0.2, 0.25) is 0 Å². The number of sulfonamides is 1. The first kappa shape index (κ1) is 22.6. The van der Waals surface area contributed by atoms with Crippen LogP contribution in [-0.2, 0) is 10.0 Å². The van der Waals surface area contributed by atoms with Crippen molar-refractivity contribution in [2.45, 2.75) is 30.1 Å². The molecular formula is C23H26FN3O3S2. The topological polar surface area (TPSA) is 70.7 Å². The van der Waals surface area contributed by atoms with Gasteiger partial charge in [-0.1, -0.05) is 12.1 Å². The van der Waals surface area contributed by atoms with E-state index in [2.05, 4.69) is 28.8 Å². The number of nitrogens with one attached hydrogen (secondary N) is 2. The maximum Gasteiger partial charge on any atom is 0.271 e. The maximum absolute atomic E-state index is 13.6. The number of benzene rings is 2. The molecule has 170 valence electrons. The maximum atomic E-state index is 13.6. The van der Waals surface area contributed by atoms with E-state index in [0.29, 0.717) is 34.0 Å². The van der Waals surface area contributed by atoms with E-state index < -0.39 is 10.0 Å². The van der Waals surface area contributed by atoms with Gasteiger partial charge >= 0.3 is 0 Å². The Morgan fingerprint density at radius 1 is 1.09 bits per heavy atom. The molecule has 2 atom stereocenters. The molecule has 0 spiro atoms. The highest BCUT2D eigenvalue weighted by atomic mass is 32.2. The summed E-state index contributed by atoms with van der Waals surface area (Å²) >= 11 is 1.09. The van der Waals surface area contributed by atoms with Crippen LogP contribution in [0.25, 0.3) is 10.4 Å². The van der Waals surface area contributed by atoms with Crippen LogP contribution in [0.4, 0.5) is 15.8 Å². The lowest BCUT2D eigenvalue weighted by atomic mass is 10.1. The predicted molar refractivity (Wildman–Crippen MR) is 128 cm³/mol. The number of rotatable bonds is 6. The number of methoxy groups -OCH3 is 1. The molecule has 0 aliphatic carbocycles. The molecule has 0 radical (unpaired) electrons. The van der Waals surface area contributed by atoms with Gasteiger partial charge in [0.15, 0.2) is 0 Å². The molecule has 2 unspecified atom stereocenters. The van der Waals surface area contributed by atoms with Gasteiger partial charge in [-0.15, -0.1) is 11.3 Å². The molecule has 1 aliphatic rings. The molecule has 0 saturated carbocycles. The second-order valence-corrected chi connectivity index (χ2v) is 11.0. The minimum absolute atomic E-state index is 0.147. The third-order valence-corrected chi connectivity index (χ3v) is 8.30. The molecule has 6 nitrogen and oxygen atoms in total. The Morgan fingerprint density at radius 3 is 2.53 bits per heavy atom. The van der Waals surface area contributed by atoms with Crippen LogP contribution in [0.5, 0.6) is 5.75 Å². The lowest BCUT2D eigenvalue weighted by Crippen LogP contribution is -2.54. The SMILES string of the molecule is COc1ccc(N2CC(C)NC(C)C2)cc1NS(=O)(=O)c1ccc(-c2cccc(F)c2)s1. The number of nitrogens with zero attached hydrogens (tertiary/aromatic N) is 1. The van der Waals surface area contributed by atoms with Crippen LogP contribution >= 0.6 is 11.3 Å². The number of anilines is 2. The van der Waals surface area contributed by atoms with E-state index in [1.165, 1.54) is 25.3 Å². The molecule has 0 amide bonds.